The molecule has 0 saturated carbocycles. The Labute approximate surface area is 101 Å². The molecule has 1 heterocycles. The third-order valence-corrected chi connectivity index (χ3v) is 3.00. The first-order valence-electron chi connectivity index (χ1n) is 4.17. The zero-order chi connectivity index (χ0) is 13.2. The highest BCUT2D eigenvalue weighted by Gasteiger charge is 2.27. The highest BCUT2D eigenvalue weighted by molar-refractivity contribution is 8.13. The van der Waals surface area contributed by atoms with Gasteiger partial charge in [0.2, 0.25) is 10.9 Å². The number of nitrogens with zero attached hydrogens (tertiary/aromatic N) is 1. The van der Waals surface area contributed by atoms with Crippen molar-refractivity contribution in [1.29, 1.82) is 0 Å². The minimum absolute atomic E-state index is 0.291. The van der Waals surface area contributed by atoms with Gasteiger partial charge in [0.25, 0.3) is 15.5 Å². The normalized spacial score (nSPS) is 11.6. The van der Waals surface area contributed by atoms with Gasteiger partial charge in [-0.05, 0) is 0 Å². The minimum atomic E-state index is -4.31. The van der Waals surface area contributed by atoms with Gasteiger partial charge in [-0.2, -0.15) is 4.98 Å². The van der Waals surface area contributed by atoms with Gasteiger partial charge in [-0.25, -0.2) is 17.2 Å². The van der Waals surface area contributed by atoms with Gasteiger partial charge in [-0.3, -0.25) is 0 Å². The molecule has 0 N–H and O–H groups in total. The molecule has 0 fully saturated rings. The van der Waals surface area contributed by atoms with Gasteiger partial charge in [0, 0.05) is 16.7 Å². The molecule has 0 aliphatic rings. The van der Waals surface area contributed by atoms with Crippen LogP contribution in [0.4, 0.5) is 8.78 Å². The van der Waals surface area contributed by atoms with Gasteiger partial charge in [0.05, 0.1) is 19.8 Å². The second-order valence-electron chi connectivity index (χ2n) is 2.83. The molecule has 9 heteroatoms. The van der Waals surface area contributed by atoms with Crippen LogP contribution in [0, 0.1) is 0 Å². The maximum atomic E-state index is 12.7. The Kier molecular flexibility index (Phi) is 4.10. The molecule has 0 spiro atoms. The summed E-state index contributed by atoms with van der Waals surface area (Å²) in [6.07, 6.45) is -2.95. The molecular formula is C8H8ClF2NO4S. The first kappa shape index (κ1) is 13.9. The van der Waals surface area contributed by atoms with Gasteiger partial charge < -0.3 is 9.47 Å². The van der Waals surface area contributed by atoms with Crippen LogP contribution < -0.4 is 9.47 Å². The monoisotopic (exact) mass is 287 g/mol. The third-order valence-electron chi connectivity index (χ3n) is 1.83. The molecule has 0 bridgehead atoms. The lowest BCUT2D eigenvalue weighted by Gasteiger charge is -2.12. The Bertz CT molecular complexity index is 521. The van der Waals surface area contributed by atoms with Crippen LogP contribution in [0.2, 0.25) is 0 Å². The zero-order valence-electron chi connectivity index (χ0n) is 8.78. The van der Waals surface area contributed by atoms with Crippen molar-refractivity contribution in [2.24, 2.45) is 0 Å². The average molecular weight is 288 g/mol. The number of alkyl halides is 2. The van der Waals surface area contributed by atoms with Crippen LogP contribution in [0.5, 0.6) is 11.6 Å². The largest absolute Gasteiger partial charge is 0.493 e. The van der Waals surface area contributed by atoms with E-state index in [-0.39, 0.29) is 5.88 Å². The van der Waals surface area contributed by atoms with Gasteiger partial charge in [-0.1, -0.05) is 0 Å². The fourth-order valence-electron chi connectivity index (χ4n) is 1.14. The molecule has 96 valence electrons. The molecule has 0 aromatic carbocycles. The van der Waals surface area contributed by atoms with E-state index in [4.69, 9.17) is 10.7 Å². The predicted octanol–water partition coefficient (Wildman–Crippen LogP) is 1.96. The maximum absolute atomic E-state index is 12.7. The number of aromatic nitrogens is 1. The summed E-state index contributed by atoms with van der Waals surface area (Å²) in [5.74, 6) is -0.879. The molecule has 0 aliphatic heterocycles. The lowest BCUT2D eigenvalue weighted by molar-refractivity contribution is 0.145. The van der Waals surface area contributed by atoms with Crippen LogP contribution >= 0.6 is 10.7 Å². The molecular weight excluding hydrogens is 280 g/mol. The zero-order valence-corrected chi connectivity index (χ0v) is 10.3. The van der Waals surface area contributed by atoms with Crippen molar-refractivity contribution in [3.8, 4) is 11.6 Å². The van der Waals surface area contributed by atoms with Crippen LogP contribution in [0.15, 0.2) is 11.1 Å². The van der Waals surface area contributed by atoms with E-state index in [0.717, 1.165) is 20.3 Å². The molecule has 1 aromatic heterocycles. The topological polar surface area (TPSA) is 65.5 Å². The summed E-state index contributed by atoms with van der Waals surface area (Å²) < 4.78 is 57.0. The van der Waals surface area contributed by atoms with Crippen LogP contribution in [-0.4, -0.2) is 27.6 Å². The van der Waals surface area contributed by atoms with Crippen LogP contribution in [0.25, 0.3) is 0 Å². The fraction of sp³-hybridized carbons (Fsp3) is 0.375. The van der Waals surface area contributed by atoms with Crippen molar-refractivity contribution in [2.75, 3.05) is 14.2 Å². The third kappa shape index (κ3) is 2.95. The Hall–Kier alpha value is -1.15. The number of methoxy groups -OCH3 is 2. The van der Waals surface area contributed by atoms with E-state index in [1.54, 1.807) is 0 Å². The van der Waals surface area contributed by atoms with E-state index in [1.807, 2.05) is 0 Å². The van der Waals surface area contributed by atoms with Crippen LogP contribution in [0.3, 0.4) is 0 Å². The highest BCUT2D eigenvalue weighted by atomic mass is 35.7. The second-order valence-corrected chi connectivity index (χ2v) is 5.31. The first-order chi connectivity index (χ1) is 7.81. The first-order valence-corrected chi connectivity index (χ1v) is 6.48. The Balaban J connectivity index is 3.63. The van der Waals surface area contributed by atoms with Crippen molar-refractivity contribution < 1.29 is 26.7 Å². The van der Waals surface area contributed by atoms with E-state index in [1.165, 1.54) is 0 Å². The standard InChI is InChI=1S/C8H8ClF2NO4S/c1-15-5-3-4(7(10)11)6(16-2)8(12-5)17(9,13)14/h3,7H,1-2H3. The van der Waals surface area contributed by atoms with Crippen molar-refractivity contribution in [3.63, 3.8) is 0 Å². The molecule has 0 unspecified atom stereocenters. The molecule has 17 heavy (non-hydrogen) atoms. The smallest absolute Gasteiger partial charge is 0.282 e. The molecule has 0 atom stereocenters. The molecule has 5 nitrogen and oxygen atoms in total. The minimum Gasteiger partial charge on any atom is -0.493 e. The number of halogens is 3. The van der Waals surface area contributed by atoms with Crippen molar-refractivity contribution >= 4 is 19.7 Å². The molecule has 0 radical (unpaired) electrons. The quantitative estimate of drug-likeness (QED) is 0.792. The Morgan fingerprint density at radius 2 is 1.94 bits per heavy atom. The number of ether oxygens (including phenoxy) is 2. The highest BCUT2D eigenvalue weighted by Crippen LogP contribution is 2.37. The van der Waals surface area contributed by atoms with Gasteiger partial charge in [0.15, 0.2) is 5.75 Å². The van der Waals surface area contributed by atoms with Gasteiger partial charge >= 0.3 is 0 Å². The predicted molar refractivity (Wildman–Crippen MR) is 55.3 cm³/mol. The lowest BCUT2D eigenvalue weighted by atomic mass is 10.2. The fourth-order valence-corrected chi connectivity index (χ4v) is 2.08. The SMILES string of the molecule is COc1cc(C(F)F)c(OC)c(S(=O)(=O)Cl)n1. The number of hydrogen-bond acceptors (Lipinski definition) is 5. The molecule has 0 saturated heterocycles. The summed E-state index contributed by atoms with van der Waals surface area (Å²) in [6.45, 7) is 0. The Morgan fingerprint density at radius 1 is 1.35 bits per heavy atom. The van der Waals surface area contributed by atoms with Crippen LogP contribution in [-0.2, 0) is 9.05 Å². The van der Waals surface area contributed by atoms with E-state index in [2.05, 4.69) is 14.5 Å². The molecule has 0 amide bonds. The molecule has 1 rings (SSSR count). The Morgan fingerprint density at radius 3 is 2.29 bits per heavy atom. The summed E-state index contributed by atoms with van der Waals surface area (Å²) >= 11 is 0. The van der Waals surface area contributed by atoms with Crippen molar-refractivity contribution in [1.82, 2.24) is 4.98 Å². The number of pyridine rings is 1. The molecule has 1 aromatic rings. The van der Waals surface area contributed by atoms with Crippen molar-refractivity contribution in [2.45, 2.75) is 11.5 Å². The van der Waals surface area contributed by atoms with Crippen molar-refractivity contribution in [3.05, 3.63) is 11.6 Å². The summed E-state index contributed by atoms with van der Waals surface area (Å²) in [7, 11) is 2.97. The van der Waals surface area contributed by atoms with E-state index in [9.17, 15) is 17.2 Å². The van der Waals surface area contributed by atoms with E-state index in [0.29, 0.717) is 0 Å². The number of rotatable bonds is 4. The van der Waals surface area contributed by atoms with E-state index < -0.39 is 31.8 Å². The van der Waals surface area contributed by atoms with Gasteiger partial charge in [-0.15, -0.1) is 0 Å². The maximum Gasteiger partial charge on any atom is 0.282 e. The molecule has 0 aliphatic carbocycles. The summed E-state index contributed by atoms with van der Waals surface area (Å²) in [4.78, 5) is 3.48. The lowest BCUT2D eigenvalue weighted by Crippen LogP contribution is -2.05. The summed E-state index contributed by atoms with van der Waals surface area (Å²) in [5, 5.41) is -0.795. The number of hydrogen-bond donors (Lipinski definition) is 0. The summed E-state index contributed by atoms with van der Waals surface area (Å²) in [6, 6.07) is 0.884. The van der Waals surface area contributed by atoms with Gasteiger partial charge in [0.1, 0.15) is 0 Å². The van der Waals surface area contributed by atoms with E-state index >= 15 is 0 Å². The average Bonchev–Trinajstić information content (AvgIpc) is 2.25. The van der Waals surface area contributed by atoms with Crippen LogP contribution in [0.1, 0.15) is 12.0 Å². The summed E-state index contributed by atoms with van der Waals surface area (Å²) in [5.41, 5.74) is -0.654. The second kappa shape index (κ2) is 5.01.